The van der Waals surface area contributed by atoms with Crippen LogP contribution in [0.2, 0.25) is 0 Å². The average molecular weight is 324 g/mol. The highest BCUT2D eigenvalue weighted by Gasteiger charge is 2.23. The van der Waals surface area contributed by atoms with E-state index in [1.165, 1.54) is 12.0 Å². The van der Waals surface area contributed by atoms with Crippen molar-refractivity contribution in [3.8, 4) is 0 Å². The lowest BCUT2D eigenvalue weighted by molar-refractivity contribution is 0.0676. The predicted octanol–water partition coefficient (Wildman–Crippen LogP) is 3.65. The molecule has 0 saturated carbocycles. The monoisotopic (exact) mass is 324 g/mol. The number of para-hydroxylation sites is 1. The predicted molar refractivity (Wildman–Crippen MR) is 95.4 cm³/mol. The Hall–Kier alpha value is -2.43. The van der Waals surface area contributed by atoms with Crippen molar-refractivity contribution in [1.29, 1.82) is 0 Å². The van der Waals surface area contributed by atoms with Crippen LogP contribution < -0.4 is 5.32 Å². The molecule has 1 unspecified atom stereocenters. The van der Waals surface area contributed by atoms with Gasteiger partial charge < -0.3 is 10.2 Å². The number of nitrogens with one attached hydrogen (secondary N) is 1. The highest BCUT2D eigenvalue weighted by molar-refractivity contribution is 5.92. The Kier molecular flexibility index (Phi) is 5.08. The fraction of sp³-hybridized carbons (Fsp3) is 0.421. The molecule has 126 valence electrons. The number of likely N-dealkylation sites (tertiary alicyclic amines) is 1. The first kappa shape index (κ1) is 16.4. The third-order valence-corrected chi connectivity index (χ3v) is 4.48. The Morgan fingerprint density at radius 1 is 1.29 bits per heavy atom. The summed E-state index contributed by atoms with van der Waals surface area (Å²) < 4.78 is 0. The summed E-state index contributed by atoms with van der Waals surface area (Å²) in [4.78, 5) is 23.1. The number of carbonyl (C=O) groups excluding carboxylic acids is 1. The van der Waals surface area contributed by atoms with Gasteiger partial charge in [0.2, 0.25) is 0 Å². The number of aryl methyl sites for hydroxylation is 1. The lowest BCUT2D eigenvalue weighted by Gasteiger charge is -2.30. The minimum absolute atomic E-state index is 0.0189. The zero-order valence-corrected chi connectivity index (χ0v) is 14.3. The molecular formula is C19H24N4O. The molecule has 1 aliphatic rings. The van der Waals surface area contributed by atoms with Crippen LogP contribution in [0.3, 0.4) is 0 Å². The van der Waals surface area contributed by atoms with Gasteiger partial charge in [0, 0.05) is 18.8 Å². The van der Waals surface area contributed by atoms with Crippen molar-refractivity contribution in [3.63, 3.8) is 0 Å². The Labute approximate surface area is 143 Å². The number of piperidine rings is 1. The zero-order valence-electron chi connectivity index (χ0n) is 14.3. The number of amides is 1. The quantitative estimate of drug-likeness (QED) is 0.932. The molecule has 1 aromatic carbocycles. The van der Waals surface area contributed by atoms with Gasteiger partial charge in [-0.1, -0.05) is 32.0 Å². The molecule has 0 bridgehead atoms. The topological polar surface area (TPSA) is 58.1 Å². The second-order valence-electron chi connectivity index (χ2n) is 6.42. The molecule has 1 saturated heterocycles. The number of hydrogen-bond acceptors (Lipinski definition) is 4. The summed E-state index contributed by atoms with van der Waals surface area (Å²) >= 11 is 0. The van der Waals surface area contributed by atoms with Crippen LogP contribution in [0.15, 0.2) is 36.7 Å². The van der Waals surface area contributed by atoms with Crippen LogP contribution in [0.25, 0.3) is 0 Å². The van der Waals surface area contributed by atoms with Gasteiger partial charge in [-0.3, -0.25) is 4.79 Å². The molecule has 3 rings (SSSR count). The Morgan fingerprint density at radius 2 is 2.12 bits per heavy atom. The van der Waals surface area contributed by atoms with Crippen molar-refractivity contribution in [2.24, 2.45) is 5.92 Å². The van der Waals surface area contributed by atoms with E-state index in [1.807, 2.05) is 23.1 Å². The minimum atomic E-state index is -0.0189. The van der Waals surface area contributed by atoms with Gasteiger partial charge in [0.05, 0.1) is 12.4 Å². The lowest BCUT2D eigenvalue weighted by Crippen LogP contribution is -2.39. The summed E-state index contributed by atoms with van der Waals surface area (Å²) in [6.07, 6.45) is 6.40. The van der Waals surface area contributed by atoms with Crippen LogP contribution in [0.5, 0.6) is 0 Å². The summed E-state index contributed by atoms with van der Waals surface area (Å²) in [6.45, 7) is 5.93. The van der Waals surface area contributed by atoms with Crippen LogP contribution in [0.1, 0.15) is 42.7 Å². The average Bonchev–Trinajstić information content (AvgIpc) is 2.62. The molecule has 24 heavy (non-hydrogen) atoms. The van der Waals surface area contributed by atoms with Gasteiger partial charge in [-0.15, -0.1) is 0 Å². The number of nitrogens with zero attached hydrogens (tertiary/aromatic N) is 3. The van der Waals surface area contributed by atoms with Gasteiger partial charge in [0.15, 0.2) is 0 Å². The van der Waals surface area contributed by atoms with Crippen molar-refractivity contribution in [1.82, 2.24) is 14.9 Å². The minimum Gasteiger partial charge on any atom is -0.339 e. The summed E-state index contributed by atoms with van der Waals surface area (Å²) in [6, 6.07) is 8.13. The van der Waals surface area contributed by atoms with E-state index in [0.29, 0.717) is 17.4 Å². The lowest BCUT2D eigenvalue weighted by atomic mass is 10.0. The number of carbonyl (C=O) groups is 1. The maximum absolute atomic E-state index is 12.5. The highest BCUT2D eigenvalue weighted by Crippen LogP contribution is 2.20. The Bertz CT molecular complexity index is 699. The van der Waals surface area contributed by atoms with E-state index in [-0.39, 0.29) is 5.91 Å². The summed E-state index contributed by atoms with van der Waals surface area (Å²) in [5, 5.41) is 3.28. The SMILES string of the molecule is CCc1ccccc1Nc1cnc(C(=O)N2CCCC(C)C2)cn1. The van der Waals surface area contributed by atoms with E-state index < -0.39 is 0 Å². The molecule has 0 aliphatic carbocycles. The van der Waals surface area contributed by atoms with Crippen molar-refractivity contribution in [3.05, 3.63) is 47.9 Å². The number of benzene rings is 1. The maximum Gasteiger partial charge on any atom is 0.274 e. The van der Waals surface area contributed by atoms with Crippen LogP contribution in [-0.4, -0.2) is 33.9 Å². The maximum atomic E-state index is 12.5. The van der Waals surface area contributed by atoms with E-state index in [9.17, 15) is 4.79 Å². The zero-order chi connectivity index (χ0) is 16.9. The molecular weight excluding hydrogens is 300 g/mol. The van der Waals surface area contributed by atoms with Gasteiger partial charge >= 0.3 is 0 Å². The molecule has 5 nitrogen and oxygen atoms in total. The molecule has 1 N–H and O–H groups in total. The molecule has 1 amide bonds. The van der Waals surface area contributed by atoms with Gasteiger partial charge in [0.1, 0.15) is 11.5 Å². The molecule has 2 heterocycles. The van der Waals surface area contributed by atoms with Crippen molar-refractivity contribution < 1.29 is 4.79 Å². The van der Waals surface area contributed by atoms with Gasteiger partial charge in [-0.25, -0.2) is 9.97 Å². The van der Waals surface area contributed by atoms with Crippen molar-refractivity contribution >= 4 is 17.4 Å². The fourth-order valence-electron chi connectivity index (χ4n) is 3.13. The summed E-state index contributed by atoms with van der Waals surface area (Å²) in [5.74, 6) is 1.19. The molecule has 0 spiro atoms. The van der Waals surface area contributed by atoms with Crippen LogP contribution in [0, 0.1) is 5.92 Å². The molecule has 0 radical (unpaired) electrons. The second kappa shape index (κ2) is 7.43. The normalized spacial score (nSPS) is 17.6. The Balaban J connectivity index is 1.70. The number of hydrogen-bond donors (Lipinski definition) is 1. The van der Waals surface area contributed by atoms with E-state index >= 15 is 0 Å². The first-order valence-corrected chi connectivity index (χ1v) is 8.63. The summed E-state index contributed by atoms with van der Waals surface area (Å²) in [5.41, 5.74) is 2.67. The first-order valence-electron chi connectivity index (χ1n) is 8.63. The smallest absolute Gasteiger partial charge is 0.274 e. The van der Waals surface area contributed by atoms with Crippen LogP contribution >= 0.6 is 0 Å². The molecule has 1 fully saturated rings. The van der Waals surface area contributed by atoms with Gasteiger partial charge in [-0.2, -0.15) is 0 Å². The first-order chi connectivity index (χ1) is 11.7. The number of rotatable bonds is 4. The van der Waals surface area contributed by atoms with Gasteiger partial charge in [-0.05, 0) is 36.8 Å². The van der Waals surface area contributed by atoms with Crippen molar-refractivity contribution in [2.75, 3.05) is 18.4 Å². The largest absolute Gasteiger partial charge is 0.339 e. The van der Waals surface area contributed by atoms with Gasteiger partial charge in [0.25, 0.3) is 5.91 Å². The molecule has 1 aromatic heterocycles. The van der Waals surface area contributed by atoms with Crippen LogP contribution in [0.4, 0.5) is 11.5 Å². The van der Waals surface area contributed by atoms with Crippen LogP contribution in [-0.2, 0) is 6.42 Å². The standard InChI is InChI=1S/C19H24N4O/c1-3-15-8-4-5-9-16(15)22-18-12-20-17(11-21-18)19(24)23-10-6-7-14(2)13-23/h4-5,8-9,11-12,14H,3,6-7,10,13H2,1-2H3,(H,21,22). The summed E-state index contributed by atoms with van der Waals surface area (Å²) in [7, 11) is 0. The Morgan fingerprint density at radius 3 is 2.83 bits per heavy atom. The second-order valence-corrected chi connectivity index (χ2v) is 6.42. The molecule has 2 aromatic rings. The van der Waals surface area contributed by atoms with Crippen molar-refractivity contribution in [2.45, 2.75) is 33.1 Å². The molecule has 5 heteroatoms. The van der Waals surface area contributed by atoms with E-state index in [0.717, 1.165) is 31.6 Å². The van der Waals surface area contributed by atoms with E-state index in [4.69, 9.17) is 0 Å². The number of anilines is 2. The van der Waals surface area contributed by atoms with E-state index in [1.54, 1.807) is 12.4 Å². The number of aromatic nitrogens is 2. The fourth-order valence-corrected chi connectivity index (χ4v) is 3.13. The molecule has 1 aliphatic heterocycles. The third kappa shape index (κ3) is 3.72. The third-order valence-electron chi connectivity index (χ3n) is 4.48. The highest BCUT2D eigenvalue weighted by atomic mass is 16.2. The van der Waals surface area contributed by atoms with E-state index in [2.05, 4.69) is 35.2 Å². The molecule has 1 atom stereocenters.